The molecule has 0 saturated heterocycles. The summed E-state index contributed by atoms with van der Waals surface area (Å²) in [6.07, 6.45) is -0.485. The summed E-state index contributed by atoms with van der Waals surface area (Å²) in [5.41, 5.74) is 1.10. The summed E-state index contributed by atoms with van der Waals surface area (Å²) in [4.78, 5) is 2.04. The number of hydrogen-bond acceptors (Lipinski definition) is 5. The number of fused-ring (bicyclic) bond motifs is 1. The number of halogens is 1. The quantitative estimate of drug-likeness (QED) is 0.849. The van der Waals surface area contributed by atoms with Crippen molar-refractivity contribution in [2.45, 2.75) is 12.6 Å². The fourth-order valence-corrected chi connectivity index (χ4v) is 2.64. The first-order chi connectivity index (χ1) is 9.60. The van der Waals surface area contributed by atoms with Crippen LogP contribution in [0.5, 0.6) is 11.5 Å². The molecule has 1 aliphatic heterocycles. The molecule has 1 aromatic carbocycles. The van der Waals surface area contributed by atoms with Crippen LogP contribution in [0.1, 0.15) is 5.56 Å². The van der Waals surface area contributed by atoms with Gasteiger partial charge >= 0.3 is 0 Å². The standard InChI is InChI=1S/C14H20BrNO4/c1-16(8-11(17)9-18-2)7-10-5-13-14(6-12(10)15)20-4-3-19-13/h5-6,11,17H,3-4,7-9H2,1-2H3/t11-/m0/s1. The Kier molecular flexibility index (Phi) is 5.65. The van der Waals surface area contributed by atoms with Crippen molar-refractivity contribution in [2.24, 2.45) is 0 Å². The largest absolute Gasteiger partial charge is 0.486 e. The summed E-state index contributed by atoms with van der Waals surface area (Å²) in [5.74, 6) is 1.55. The summed E-state index contributed by atoms with van der Waals surface area (Å²) in [6, 6.07) is 3.92. The van der Waals surface area contributed by atoms with Gasteiger partial charge in [0, 0.05) is 24.7 Å². The minimum Gasteiger partial charge on any atom is -0.486 e. The zero-order valence-corrected chi connectivity index (χ0v) is 13.4. The van der Waals surface area contributed by atoms with E-state index in [0.29, 0.717) is 32.9 Å². The third kappa shape index (κ3) is 4.09. The predicted molar refractivity (Wildman–Crippen MR) is 79.3 cm³/mol. The maximum absolute atomic E-state index is 9.74. The molecule has 0 amide bonds. The second kappa shape index (κ2) is 7.26. The van der Waals surface area contributed by atoms with Crippen LogP contribution in [0.2, 0.25) is 0 Å². The molecule has 2 rings (SSSR count). The second-order valence-electron chi connectivity index (χ2n) is 4.89. The van der Waals surface area contributed by atoms with Crippen LogP contribution < -0.4 is 9.47 Å². The van der Waals surface area contributed by atoms with E-state index >= 15 is 0 Å². The fraction of sp³-hybridized carbons (Fsp3) is 0.571. The molecule has 0 fully saturated rings. The van der Waals surface area contributed by atoms with Crippen molar-refractivity contribution < 1.29 is 19.3 Å². The highest BCUT2D eigenvalue weighted by molar-refractivity contribution is 9.10. The number of nitrogens with zero attached hydrogens (tertiary/aromatic N) is 1. The number of aliphatic hydroxyl groups is 1. The maximum atomic E-state index is 9.74. The Labute approximate surface area is 127 Å². The molecule has 1 atom stereocenters. The molecule has 5 nitrogen and oxygen atoms in total. The van der Waals surface area contributed by atoms with E-state index in [4.69, 9.17) is 14.2 Å². The molecule has 112 valence electrons. The van der Waals surface area contributed by atoms with Crippen LogP contribution in [0.25, 0.3) is 0 Å². The van der Waals surface area contributed by atoms with Crippen LogP contribution >= 0.6 is 15.9 Å². The van der Waals surface area contributed by atoms with Gasteiger partial charge in [0.25, 0.3) is 0 Å². The van der Waals surface area contributed by atoms with Crippen LogP contribution in [-0.2, 0) is 11.3 Å². The van der Waals surface area contributed by atoms with Crippen molar-refractivity contribution in [2.75, 3.05) is 40.5 Å². The first-order valence-corrected chi connectivity index (χ1v) is 7.33. The Morgan fingerprint density at radius 2 is 2.00 bits per heavy atom. The van der Waals surface area contributed by atoms with Crippen LogP contribution in [0.3, 0.4) is 0 Å². The van der Waals surface area contributed by atoms with Crippen molar-refractivity contribution in [3.8, 4) is 11.5 Å². The average molecular weight is 346 g/mol. The third-order valence-corrected chi connectivity index (χ3v) is 3.77. The van der Waals surface area contributed by atoms with E-state index in [1.165, 1.54) is 0 Å². The number of likely N-dealkylation sites (N-methyl/N-ethyl adjacent to an activating group) is 1. The van der Waals surface area contributed by atoms with E-state index < -0.39 is 6.10 Å². The van der Waals surface area contributed by atoms with E-state index in [2.05, 4.69) is 15.9 Å². The van der Waals surface area contributed by atoms with Crippen LogP contribution in [0.15, 0.2) is 16.6 Å². The van der Waals surface area contributed by atoms with Gasteiger partial charge in [-0.2, -0.15) is 0 Å². The highest BCUT2D eigenvalue weighted by Gasteiger charge is 2.16. The monoisotopic (exact) mass is 345 g/mol. The van der Waals surface area contributed by atoms with Gasteiger partial charge in [0.2, 0.25) is 0 Å². The van der Waals surface area contributed by atoms with Gasteiger partial charge in [0.1, 0.15) is 13.2 Å². The lowest BCUT2D eigenvalue weighted by Crippen LogP contribution is -2.31. The van der Waals surface area contributed by atoms with Gasteiger partial charge in [0.05, 0.1) is 12.7 Å². The molecule has 0 bridgehead atoms. The van der Waals surface area contributed by atoms with Crippen molar-refractivity contribution in [3.05, 3.63) is 22.2 Å². The Bertz CT molecular complexity index is 455. The Morgan fingerprint density at radius 1 is 1.35 bits per heavy atom. The van der Waals surface area contributed by atoms with Crippen molar-refractivity contribution in [3.63, 3.8) is 0 Å². The summed E-state index contributed by atoms with van der Waals surface area (Å²) in [6.45, 7) is 2.76. The normalized spacial score (nSPS) is 15.4. The summed E-state index contributed by atoms with van der Waals surface area (Å²) in [7, 11) is 3.54. The van der Waals surface area contributed by atoms with Gasteiger partial charge in [0.15, 0.2) is 11.5 Å². The van der Waals surface area contributed by atoms with Crippen molar-refractivity contribution in [1.82, 2.24) is 4.90 Å². The zero-order valence-electron chi connectivity index (χ0n) is 11.8. The van der Waals surface area contributed by atoms with Crippen LogP contribution in [0, 0.1) is 0 Å². The van der Waals surface area contributed by atoms with Crippen molar-refractivity contribution in [1.29, 1.82) is 0 Å². The lowest BCUT2D eigenvalue weighted by molar-refractivity contribution is 0.0418. The highest BCUT2D eigenvalue weighted by Crippen LogP contribution is 2.35. The molecule has 6 heteroatoms. The lowest BCUT2D eigenvalue weighted by Gasteiger charge is -2.23. The van der Waals surface area contributed by atoms with E-state index in [9.17, 15) is 5.11 Å². The SMILES string of the molecule is COC[C@@H](O)CN(C)Cc1cc2c(cc1Br)OCCO2. The van der Waals surface area contributed by atoms with E-state index in [1.54, 1.807) is 7.11 Å². The van der Waals surface area contributed by atoms with Crippen LogP contribution in [-0.4, -0.2) is 56.6 Å². The van der Waals surface area contributed by atoms with Crippen molar-refractivity contribution >= 4 is 15.9 Å². The Hall–Kier alpha value is -0.820. The van der Waals surface area contributed by atoms with Gasteiger partial charge in [-0.15, -0.1) is 0 Å². The number of ether oxygens (including phenoxy) is 3. The lowest BCUT2D eigenvalue weighted by atomic mass is 10.1. The Morgan fingerprint density at radius 3 is 2.65 bits per heavy atom. The topological polar surface area (TPSA) is 51.2 Å². The van der Waals surface area contributed by atoms with Gasteiger partial charge in [-0.25, -0.2) is 0 Å². The molecule has 0 unspecified atom stereocenters. The van der Waals surface area contributed by atoms with E-state index in [1.807, 2.05) is 24.1 Å². The van der Waals surface area contributed by atoms with E-state index in [-0.39, 0.29) is 0 Å². The molecule has 0 saturated carbocycles. The molecule has 0 radical (unpaired) electrons. The smallest absolute Gasteiger partial charge is 0.162 e. The molecular formula is C14H20BrNO4. The van der Waals surface area contributed by atoms with Gasteiger partial charge < -0.3 is 19.3 Å². The predicted octanol–water partition coefficient (Wildman–Crippen LogP) is 1.66. The molecular weight excluding hydrogens is 326 g/mol. The molecule has 0 spiro atoms. The van der Waals surface area contributed by atoms with Crippen LogP contribution in [0.4, 0.5) is 0 Å². The number of methoxy groups -OCH3 is 1. The molecule has 1 aliphatic rings. The Balaban J connectivity index is 2.01. The average Bonchev–Trinajstić information content (AvgIpc) is 2.39. The molecule has 0 aromatic heterocycles. The number of hydrogen-bond donors (Lipinski definition) is 1. The third-order valence-electron chi connectivity index (χ3n) is 3.03. The zero-order chi connectivity index (χ0) is 14.5. The summed E-state index contributed by atoms with van der Waals surface area (Å²) in [5, 5.41) is 9.74. The van der Waals surface area contributed by atoms with Gasteiger partial charge in [-0.3, -0.25) is 4.90 Å². The van der Waals surface area contributed by atoms with Gasteiger partial charge in [-0.05, 0) is 24.7 Å². The highest BCUT2D eigenvalue weighted by atomic mass is 79.9. The minimum atomic E-state index is -0.485. The minimum absolute atomic E-state index is 0.340. The first kappa shape index (κ1) is 15.6. The summed E-state index contributed by atoms with van der Waals surface area (Å²) >= 11 is 3.55. The first-order valence-electron chi connectivity index (χ1n) is 6.53. The number of aliphatic hydroxyl groups excluding tert-OH is 1. The van der Waals surface area contributed by atoms with Gasteiger partial charge in [-0.1, -0.05) is 15.9 Å². The number of rotatable bonds is 6. The number of benzene rings is 1. The second-order valence-corrected chi connectivity index (χ2v) is 5.75. The molecule has 1 aromatic rings. The molecule has 1 heterocycles. The maximum Gasteiger partial charge on any atom is 0.162 e. The molecule has 0 aliphatic carbocycles. The summed E-state index contributed by atoms with van der Waals surface area (Å²) < 4.78 is 17.0. The molecule has 20 heavy (non-hydrogen) atoms. The molecule has 1 N–H and O–H groups in total. The fourth-order valence-electron chi connectivity index (χ4n) is 2.19. The van der Waals surface area contributed by atoms with E-state index in [0.717, 1.165) is 21.5 Å².